The van der Waals surface area contributed by atoms with Gasteiger partial charge in [-0.25, -0.2) is 0 Å². The fourth-order valence-corrected chi connectivity index (χ4v) is 1.10. The van der Waals surface area contributed by atoms with E-state index in [1.54, 1.807) is 0 Å². The van der Waals surface area contributed by atoms with E-state index in [1.807, 2.05) is 24.3 Å². The Balaban J connectivity index is 2.67. The van der Waals surface area contributed by atoms with Crippen molar-refractivity contribution in [3.8, 4) is 0 Å². The van der Waals surface area contributed by atoms with Gasteiger partial charge >= 0.3 is 0 Å². The number of carbonyl (C=O) groups excluding carboxylic acids is 1. The molecule has 0 spiro atoms. The topological polar surface area (TPSA) is 67.5 Å². The van der Waals surface area contributed by atoms with Crippen LogP contribution in [0.1, 0.15) is 17.3 Å². The third-order valence-corrected chi connectivity index (χ3v) is 1.91. The number of amides is 1. The van der Waals surface area contributed by atoms with Crippen molar-refractivity contribution in [2.75, 3.05) is 0 Å². The molecule has 1 atom stereocenters. The van der Waals surface area contributed by atoms with Crippen molar-refractivity contribution in [1.82, 2.24) is 5.32 Å². The zero-order valence-corrected chi connectivity index (χ0v) is 7.81. The monoisotopic (exact) mass is 191 g/mol. The fourth-order valence-electron chi connectivity index (χ4n) is 1.10. The van der Waals surface area contributed by atoms with Gasteiger partial charge in [-0.05, 0) is 17.8 Å². The zero-order valence-electron chi connectivity index (χ0n) is 7.81. The highest BCUT2D eigenvalue weighted by molar-refractivity contribution is 5.46. The lowest BCUT2D eigenvalue weighted by molar-refractivity contribution is -0.109. The van der Waals surface area contributed by atoms with Crippen LogP contribution < -0.4 is 11.1 Å². The zero-order chi connectivity index (χ0) is 10.4. The van der Waals surface area contributed by atoms with Gasteiger partial charge in [0.1, 0.15) is 6.17 Å². The molecule has 1 unspecified atom stereocenters. The van der Waals surface area contributed by atoms with Crippen LogP contribution in [0.4, 0.5) is 0 Å². The normalized spacial score (nSPS) is 11.8. The Kier molecular flexibility index (Phi) is 3.82. The SMILES string of the molecule is C=NC(N)c1ccc(CNC=O)cc1. The summed E-state index contributed by atoms with van der Waals surface area (Å²) in [5.41, 5.74) is 7.58. The highest BCUT2D eigenvalue weighted by Gasteiger charge is 2.00. The maximum absolute atomic E-state index is 10.0. The van der Waals surface area contributed by atoms with Crippen molar-refractivity contribution in [3.05, 3.63) is 35.4 Å². The minimum absolute atomic E-state index is 0.372. The summed E-state index contributed by atoms with van der Waals surface area (Å²) >= 11 is 0. The number of rotatable bonds is 5. The third kappa shape index (κ3) is 2.67. The summed E-state index contributed by atoms with van der Waals surface area (Å²) in [7, 11) is 0. The quantitative estimate of drug-likeness (QED) is 0.528. The van der Waals surface area contributed by atoms with Crippen LogP contribution in [0.3, 0.4) is 0 Å². The smallest absolute Gasteiger partial charge is 0.207 e. The standard InChI is InChI=1S/C10H13N3O/c1-12-10(11)9-4-2-8(3-5-9)6-13-7-14/h2-5,7,10H,1,6,11H2,(H,13,14). The van der Waals surface area contributed by atoms with Crippen molar-refractivity contribution in [2.24, 2.45) is 10.7 Å². The highest BCUT2D eigenvalue weighted by atomic mass is 16.1. The number of nitrogens with zero attached hydrogens (tertiary/aromatic N) is 1. The van der Waals surface area contributed by atoms with Crippen LogP contribution in [0, 0.1) is 0 Å². The van der Waals surface area contributed by atoms with Crippen LogP contribution in [-0.2, 0) is 11.3 Å². The Bertz CT molecular complexity index is 308. The van der Waals surface area contributed by atoms with Crippen LogP contribution in [0.5, 0.6) is 0 Å². The Morgan fingerprint density at radius 1 is 1.50 bits per heavy atom. The van der Waals surface area contributed by atoms with Crippen molar-refractivity contribution in [3.63, 3.8) is 0 Å². The Morgan fingerprint density at radius 2 is 2.14 bits per heavy atom. The van der Waals surface area contributed by atoms with Gasteiger partial charge in [-0.2, -0.15) is 0 Å². The lowest BCUT2D eigenvalue weighted by atomic mass is 10.1. The molecule has 0 radical (unpaired) electrons. The molecule has 14 heavy (non-hydrogen) atoms. The number of hydrogen-bond acceptors (Lipinski definition) is 3. The van der Waals surface area contributed by atoms with E-state index >= 15 is 0 Å². The Morgan fingerprint density at radius 3 is 2.64 bits per heavy atom. The number of nitrogens with two attached hydrogens (primary N) is 1. The maximum atomic E-state index is 10.0. The van der Waals surface area contributed by atoms with Crippen molar-refractivity contribution in [1.29, 1.82) is 0 Å². The molecule has 74 valence electrons. The first-order chi connectivity index (χ1) is 6.77. The second-order valence-corrected chi connectivity index (χ2v) is 2.87. The molecule has 0 aliphatic rings. The summed E-state index contributed by atoms with van der Waals surface area (Å²) in [6.45, 7) is 3.90. The highest BCUT2D eigenvalue weighted by Crippen LogP contribution is 2.11. The van der Waals surface area contributed by atoms with E-state index < -0.39 is 0 Å². The predicted molar refractivity (Wildman–Crippen MR) is 55.8 cm³/mol. The van der Waals surface area contributed by atoms with Gasteiger partial charge in [0, 0.05) is 6.54 Å². The number of hydrogen-bond donors (Lipinski definition) is 2. The predicted octanol–water partition coefficient (Wildman–Crippen LogP) is 0.590. The molecular weight excluding hydrogens is 178 g/mol. The van der Waals surface area contributed by atoms with E-state index in [-0.39, 0.29) is 6.17 Å². The summed E-state index contributed by atoms with van der Waals surface area (Å²) in [5, 5.41) is 2.58. The molecule has 1 rings (SSSR count). The average molecular weight is 191 g/mol. The molecule has 0 saturated heterocycles. The lowest BCUT2D eigenvalue weighted by Crippen LogP contribution is -2.10. The van der Waals surface area contributed by atoms with Gasteiger partial charge in [0.15, 0.2) is 0 Å². The molecule has 1 aromatic rings. The van der Waals surface area contributed by atoms with Crippen molar-refractivity contribution >= 4 is 13.1 Å². The lowest BCUT2D eigenvalue weighted by Gasteiger charge is -2.06. The van der Waals surface area contributed by atoms with Gasteiger partial charge in [-0.1, -0.05) is 24.3 Å². The molecule has 1 aromatic carbocycles. The van der Waals surface area contributed by atoms with Gasteiger partial charge in [0.2, 0.25) is 6.41 Å². The second-order valence-electron chi connectivity index (χ2n) is 2.87. The minimum atomic E-state index is -0.372. The van der Waals surface area contributed by atoms with Crippen LogP contribution in [0.2, 0.25) is 0 Å². The first kappa shape index (κ1) is 10.4. The second kappa shape index (κ2) is 5.14. The number of nitrogens with one attached hydrogen (secondary N) is 1. The molecule has 0 fully saturated rings. The average Bonchev–Trinajstić information content (AvgIpc) is 2.26. The molecule has 0 saturated carbocycles. The molecule has 0 bridgehead atoms. The summed E-state index contributed by atoms with van der Waals surface area (Å²) in [6, 6.07) is 7.55. The van der Waals surface area contributed by atoms with E-state index in [4.69, 9.17) is 5.73 Å². The van der Waals surface area contributed by atoms with E-state index in [0.29, 0.717) is 13.0 Å². The first-order valence-electron chi connectivity index (χ1n) is 4.25. The third-order valence-electron chi connectivity index (χ3n) is 1.91. The number of carbonyl (C=O) groups is 1. The van der Waals surface area contributed by atoms with Gasteiger partial charge in [0.25, 0.3) is 0 Å². The molecule has 0 aliphatic carbocycles. The molecule has 4 nitrogen and oxygen atoms in total. The summed E-state index contributed by atoms with van der Waals surface area (Å²) < 4.78 is 0. The van der Waals surface area contributed by atoms with E-state index in [2.05, 4.69) is 17.0 Å². The Hall–Kier alpha value is -1.68. The molecule has 4 heteroatoms. The van der Waals surface area contributed by atoms with Crippen molar-refractivity contribution < 1.29 is 4.79 Å². The van der Waals surface area contributed by atoms with Crippen LogP contribution in [-0.4, -0.2) is 13.1 Å². The van der Waals surface area contributed by atoms with E-state index in [9.17, 15) is 4.79 Å². The maximum Gasteiger partial charge on any atom is 0.207 e. The number of aliphatic imine (C=N–C) groups is 1. The van der Waals surface area contributed by atoms with Crippen molar-refractivity contribution in [2.45, 2.75) is 12.7 Å². The molecule has 0 aromatic heterocycles. The molecule has 0 aliphatic heterocycles. The number of benzene rings is 1. The summed E-state index contributed by atoms with van der Waals surface area (Å²) in [6.07, 6.45) is 0.299. The summed E-state index contributed by atoms with van der Waals surface area (Å²) in [4.78, 5) is 13.8. The molecule has 3 N–H and O–H groups in total. The minimum Gasteiger partial charge on any atom is -0.355 e. The van der Waals surface area contributed by atoms with E-state index in [1.165, 1.54) is 0 Å². The van der Waals surface area contributed by atoms with Crippen LogP contribution in [0.15, 0.2) is 29.3 Å². The Labute approximate surface area is 82.8 Å². The molecular formula is C10H13N3O. The van der Waals surface area contributed by atoms with Gasteiger partial charge < -0.3 is 11.1 Å². The largest absolute Gasteiger partial charge is 0.355 e. The van der Waals surface area contributed by atoms with Gasteiger partial charge in [0.05, 0.1) is 0 Å². The molecule has 1 amide bonds. The van der Waals surface area contributed by atoms with Crippen LogP contribution >= 0.6 is 0 Å². The first-order valence-corrected chi connectivity index (χ1v) is 4.25. The summed E-state index contributed by atoms with van der Waals surface area (Å²) in [5.74, 6) is 0. The van der Waals surface area contributed by atoms with Crippen LogP contribution in [0.25, 0.3) is 0 Å². The van der Waals surface area contributed by atoms with E-state index in [0.717, 1.165) is 11.1 Å². The fraction of sp³-hybridized carbons (Fsp3) is 0.200. The molecule has 0 heterocycles. The van der Waals surface area contributed by atoms with Gasteiger partial charge in [-0.15, -0.1) is 0 Å². The van der Waals surface area contributed by atoms with Gasteiger partial charge in [-0.3, -0.25) is 9.79 Å².